The molecule has 0 heterocycles. The zero-order chi connectivity index (χ0) is 10.3. The normalized spacial score (nSPS) is 15.4. The summed E-state index contributed by atoms with van der Waals surface area (Å²) in [5.74, 6) is 3.25. The predicted molar refractivity (Wildman–Crippen MR) is 56.4 cm³/mol. The molecule has 0 radical (unpaired) electrons. The van der Waals surface area contributed by atoms with Crippen molar-refractivity contribution in [3.63, 3.8) is 0 Å². The first-order chi connectivity index (χ1) is 6.13. The smallest absolute Gasteiger partial charge is 0.0687 e. The minimum atomic E-state index is 0.0934. The number of rotatable bonds is 6. The summed E-state index contributed by atoms with van der Waals surface area (Å²) in [6.45, 7) is 6.49. The first-order valence-electron chi connectivity index (χ1n) is 4.97. The van der Waals surface area contributed by atoms with Crippen molar-refractivity contribution in [2.24, 2.45) is 5.92 Å². The van der Waals surface area contributed by atoms with Crippen LogP contribution in [0.5, 0.6) is 0 Å². The Labute approximate surface area is 81.7 Å². The lowest BCUT2D eigenvalue weighted by molar-refractivity contribution is 0.218. The molecule has 0 saturated carbocycles. The maximum absolute atomic E-state index is 9.08. The summed E-state index contributed by atoms with van der Waals surface area (Å²) in [4.78, 5) is 0. The molecular weight excluding hydrogens is 162 g/mol. The van der Waals surface area contributed by atoms with Gasteiger partial charge in [0.05, 0.1) is 12.6 Å². The highest BCUT2D eigenvalue weighted by molar-refractivity contribution is 4.99. The molecule has 0 saturated heterocycles. The van der Waals surface area contributed by atoms with Crippen molar-refractivity contribution >= 4 is 0 Å². The highest BCUT2D eigenvalue weighted by Crippen LogP contribution is 2.05. The monoisotopic (exact) mass is 183 g/mol. The van der Waals surface area contributed by atoms with Crippen LogP contribution in [0.25, 0.3) is 0 Å². The molecule has 13 heavy (non-hydrogen) atoms. The van der Waals surface area contributed by atoms with E-state index in [1.807, 2.05) is 6.92 Å². The SMILES string of the molecule is C#CC(CC)NC(CO)CC(C)C. The van der Waals surface area contributed by atoms with Crippen LogP contribution in [0.15, 0.2) is 0 Å². The molecule has 0 spiro atoms. The van der Waals surface area contributed by atoms with Gasteiger partial charge in [0.2, 0.25) is 0 Å². The second kappa shape index (κ2) is 6.94. The Morgan fingerprint density at radius 2 is 2.08 bits per heavy atom. The number of hydrogen-bond acceptors (Lipinski definition) is 2. The van der Waals surface area contributed by atoms with Crippen LogP contribution in [-0.4, -0.2) is 23.8 Å². The van der Waals surface area contributed by atoms with E-state index >= 15 is 0 Å². The molecule has 0 rings (SSSR count). The summed E-state index contributed by atoms with van der Waals surface area (Å²) in [5, 5.41) is 12.3. The second-order valence-corrected chi connectivity index (χ2v) is 3.80. The van der Waals surface area contributed by atoms with E-state index in [4.69, 9.17) is 11.5 Å². The lowest BCUT2D eigenvalue weighted by Crippen LogP contribution is -2.40. The van der Waals surface area contributed by atoms with Crippen LogP contribution >= 0.6 is 0 Å². The van der Waals surface area contributed by atoms with Gasteiger partial charge in [-0.1, -0.05) is 26.7 Å². The number of aliphatic hydroxyl groups is 1. The number of nitrogens with one attached hydrogen (secondary N) is 1. The van der Waals surface area contributed by atoms with Crippen LogP contribution < -0.4 is 5.32 Å². The van der Waals surface area contributed by atoms with Crippen LogP contribution in [0, 0.1) is 18.3 Å². The average Bonchev–Trinajstić information content (AvgIpc) is 2.11. The summed E-state index contributed by atoms with van der Waals surface area (Å²) in [5.41, 5.74) is 0. The molecule has 0 amide bonds. The molecule has 2 heteroatoms. The molecule has 2 atom stereocenters. The first kappa shape index (κ1) is 12.5. The van der Waals surface area contributed by atoms with Crippen molar-refractivity contribution in [2.45, 2.75) is 45.7 Å². The molecule has 2 unspecified atom stereocenters. The molecule has 2 nitrogen and oxygen atoms in total. The third kappa shape index (κ3) is 5.68. The van der Waals surface area contributed by atoms with Gasteiger partial charge < -0.3 is 5.11 Å². The van der Waals surface area contributed by atoms with Gasteiger partial charge >= 0.3 is 0 Å². The van der Waals surface area contributed by atoms with Crippen LogP contribution in [0.1, 0.15) is 33.6 Å². The first-order valence-corrected chi connectivity index (χ1v) is 4.97. The van der Waals surface area contributed by atoms with E-state index in [-0.39, 0.29) is 18.7 Å². The average molecular weight is 183 g/mol. The molecule has 76 valence electrons. The van der Waals surface area contributed by atoms with Crippen LogP contribution in [0.4, 0.5) is 0 Å². The Bertz CT molecular complexity index is 160. The molecule has 0 aromatic carbocycles. The summed E-state index contributed by atoms with van der Waals surface area (Å²) in [6.07, 6.45) is 7.20. The second-order valence-electron chi connectivity index (χ2n) is 3.80. The van der Waals surface area contributed by atoms with Crippen LogP contribution in [0.2, 0.25) is 0 Å². The van der Waals surface area contributed by atoms with Crippen LogP contribution in [-0.2, 0) is 0 Å². The van der Waals surface area contributed by atoms with E-state index < -0.39 is 0 Å². The van der Waals surface area contributed by atoms with E-state index in [0.717, 1.165) is 12.8 Å². The van der Waals surface area contributed by atoms with Gasteiger partial charge in [0.15, 0.2) is 0 Å². The molecule has 0 aliphatic heterocycles. The molecule has 2 N–H and O–H groups in total. The molecule has 0 bridgehead atoms. The highest BCUT2D eigenvalue weighted by atomic mass is 16.3. The zero-order valence-electron chi connectivity index (χ0n) is 8.88. The lowest BCUT2D eigenvalue weighted by Gasteiger charge is -2.21. The molecule has 0 aromatic heterocycles. The van der Waals surface area contributed by atoms with E-state index in [1.54, 1.807) is 0 Å². The minimum Gasteiger partial charge on any atom is -0.395 e. The quantitative estimate of drug-likeness (QED) is 0.610. The summed E-state index contributed by atoms with van der Waals surface area (Å²) in [7, 11) is 0. The van der Waals surface area contributed by atoms with Crippen molar-refractivity contribution in [2.75, 3.05) is 6.61 Å². The van der Waals surface area contributed by atoms with E-state index in [2.05, 4.69) is 25.1 Å². The fourth-order valence-electron chi connectivity index (χ4n) is 1.33. The standard InChI is InChI=1S/C11H21NO/c1-5-10(6-2)12-11(8-13)7-9(3)4/h1,9-13H,6-8H2,2-4H3. The fourth-order valence-corrected chi connectivity index (χ4v) is 1.33. The van der Waals surface area contributed by atoms with E-state index in [9.17, 15) is 0 Å². The third-order valence-electron chi connectivity index (χ3n) is 2.02. The largest absolute Gasteiger partial charge is 0.395 e. The Balaban J connectivity index is 3.90. The van der Waals surface area contributed by atoms with Crippen molar-refractivity contribution in [3.05, 3.63) is 0 Å². The van der Waals surface area contributed by atoms with Crippen LogP contribution in [0.3, 0.4) is 0 Å². The Hall–Kier alpha value is -0.520. The minimum absolute atomic E-state index is 0.0934. The lowest BCUT2D eigenvalue weighted by atomic mass is 10.0. The van der Waals surface area contributed by atoms with Gasteiger partial charge in [-0.15, -0.1) is 6.42 Å². The van der Waals surface area contributed by atoms with Gasteiger partial charge in [-0.2, -0.15) is 0 Å². The number of aliphatic hydroxyl groups excluding tert-OH is 1. The Morgan fingerprint density at radius 3 is 2.38 bits per heavy atom. The van der Waals surface area contributed by atoms with E-state index in [0.29, 0.717) is 5.92 Å². The van der Waals surface area contributed by atoms with Gasteiger partial charge in [-0.25, -0.2) is 0 Å². The summed E-state index contributed by atoms with van der Waals surface area (Å²) < 4.78 is 0. The van der Waals surface area contributed by atoms with Crippen molar-refractivity contribution < 1.29 is 5.11 Å². The maximum Gasteiger partial charge on any atom is 0.0687 e. The van der Waals surface area contributed by atoms with Gasteiger partial charge in [-0.3, -0.25) is 5.32 Å². The van der Waals surface area contributed by atoms with Crippen molar-refractivity contribution in [1.82, 2.24) is 5.32 Å². The predicted octanol–water partition coefficient (Wildman–Crippen LogP) is 1.39. The van der Waals surface area contributed by atoms with Gasteiger partial charge in [0.25, 0.3) is 0 Å². The summed E-state index contributed by atoms with van der Waals surface area (Å²) >= 11 is 0. The van der Waals surface area contributed by atoms with E-state index in [1.165, 1.54) is 0 Å². The van der Waals surface area contributed by atoms with Gasteiger partial charge in [0.1, 0.15) is 0 Å². The summed E-state index contributed by atoms with van der Waals surface area (Å²) in [6, 6.07) is 0.233. The molecule has 0 aliphatic carbocycles. The number of hydrogen-bond donors (Lipinski definition) is 2. The topological polar surface area (TPSA) is 32.3 Å². The van der Waals surface area contributed by atoms with Gasteiger partial charge in [-0.05, 0) is 18.8 Å². The fraction of sp³-hybridized carbons (Fsp3) is 0.818. The molecular formula is C11H21NO. The van der Waals surface area contributed by atoms with Crippen molar-refractivity contribution in [3.8, 4) is 12.3 Å². The third-order valence-corrected chi connectivity index (χ3v) is 2.02. The Kier molecular flexibility index (Phi) is 6.66. The molecule has 0 aromatic rings. The highest BCUT2D eigenvalue weighted by Gasteiger charge is 2.12. The molecule has 0 aliphatic rings. The Morgan fingerprint density at radius 1 is 1.46 bits per heavy atom. The van der Waals surface area contributed by atoms with Gasteiger partial charge in [0, 0.05) is 6.04 Å². The van der Waals surface area contributed by atoms with Crippen molar-refractivity contribution in [1.29, 1.82) is 0 Å². The number of terminal acetylenes is 1. The molecule has 0 fully saturated rings. The maximum atomic E-state index is 9.08. The zero-order valence-corrected chi connectivity index (χ0v) is 8.88.